The third-order valence-electron chi connectivity index (χ3n) is 6.95. The Kier molecular flexibility index (Phi) is 11.1. The first-order valence-electron chi connectivity index (χ1n) is 13.6. The average Bonchev–Trinajstić information content (AvgIpc) is 3.51. The number of hydrogen-bond donors (Lipinski definition) is 2. The molecule has 1 aliphatic heterocycles. The van der Waals surface area contributed by atoms with E-state index in [0.717, 1.165) is 28.9 Å². The number of hydrogen-bond acceptors (Lipinski definition) is 9. The van der Waals surface area contributed by atoms with Gasteiger partial charge >= 0.3 is 6.03 Å². The molecule has 2 amide bonds. The van der Waals surface area contributed by atoms with Crippen molar-refractivity contribution >= 4 is 29.4 Å². The fourth-order valence-electron chi connectivity index (χ4n) is 4.88. The zero-order valence-corrected chi connectivity index (χ0v) is 26.6. The first kappa shape index (κ1) is 32.4. The zero-order valence-electron chi connectivity index (χ0n) is 25.0. The molecule has 1 fully saturated rings. The number of amides is 2. The van der Waals surface area contributed by atoms with Gasteiger partial charge in [-0.05, 0) is 79.4 Å². The van der Waals surface area contributed by atoms with Gasteiger partial charge in [0.15, 0.2) is 23.0 Å². The number of thioether (sulfide) groups is 1. The molecule has 4 rings (SSSR count). The summed E-state index contributed by atoms with van der Waals surface area (Å²) in [4.78, 5) is 13.2. The number of nitrogens with zero attached hydrogens (tertiary/aromatic N) is 1. The Labute approximate surface area is 261 Å². The van der Waals surface area contributed by atoms with Crippen LogP contribution in [0.2, 0.25) is 5.02 Å². The Morgan fingerprint density at radius 3 is 2.00 bits per heavy atom. The van der Waals surface area contributed by atoms with Crippen LogP contribution in [0.4, 0.5) is 4.79 Å². The molecule has 3 aromatic rings. The molecule has 1 aliphatic rings. The third kappa shape index (κ3) is 7.91. The normalized spacial score (nSPS) is 16.7. The summed E-state index contributed by atoms with van der Waals surface area (Å²) in [6.07, 6.45) is 1.06. The van der Waals surface area contributed by atoms with E-state index in [4.69, 9.17) is 40.0 Å². The quantitative estimate of drug-likeness (QED) is 0.0943. The molecular weight excluding hydrogens is 596 g/mol. The third-order valence-corrected chi connectivity index (χ3v) is 8.17. The lowest BCUT2D eigenvalue weighted by molar-refractivity contribution is -0.0184. The highest BCUT2D eigenvalue weighted by molar-refractivity contribution is 7.99. The molecular formula is C31H37ClN2O8S. The number of rotatable bonds is 12. The predicted molar refractivity (Wildman–Crippen MR) is 164 cm³/mol. The van der Waals surface area contributed by atoms with Gasteiger partial charge in [-0.3, -0.25) is 5.21 Å². The summed E-state index contributed by atoms with van der Waals surface area (Å²) in [5.41, 5.74) is 2.16. The highest BCUT2D eigenvalue weighted by Crippen LogP contribution is 2.47. The Morgan fingerprint density at radius 2 is 1.49 bits per heavy atom. The molecule has 0 aliphatic carbocycles. The number of hydroxylamine groups is 2. The van der Waals surface area contributed by atoms with E-state index >= 15 is 0 Å². The lowest BCUT2D eigenvalue weighted by Gasteiger charge is -2.23. The van der Waals surface area contributed by atoms with Crippen LogP contribution in [0.25, 0.3) is 0 Å². The maximum absolute atomic E-state index is 12.2. The summed E-state index contributed by atoms with van der Waals surface area (Å²) in [5.74, 6) is 2.63. The molecule has 1 saturated heterocycles. The number of halogens is 1. The minimum Gasteiger partial charge on any atom is -0.493 e. The molecule has 2 N–H and O–H groups in total. The summed E-state index contributed by atoms with van der Waals surface area (Å²) in [6, 6.07) is 14.5. The standard InChI is InChI=1S/C31H37ClN2O8S/c1-18(43-23-9-7-22(32)8-10-23)41-29-21(17-33-31(35)34(2)36)13-19(14-26(29)37-3)24-11-12-25(42-24)20-15-27(38-4)30(40-6)28(16-20)39-5/h7-10,13-16,18,24-25,36H,11-12,17H2,1-6H3,(H,33,35). The summed E-state index contributed by atoms with van der Waals surface area (Å²) >= 11 is 7.55. The van der Waals surface area contributed by atoms with Gasteiger partial charge in [-0.2, -0.15) is 0 Å². The topological polar surface area (TPSA) is 108 Å². The van der Waals surface area contributed by atoms with Gasteiger partial charge in [0.25, 0.3) is 0 Å². The van der Waals surface area contributed by atoms with Crippen LogP contribution in [0.15, 0.2) is 53.4 Å². The van der Waals surface area contributed by atoms with Crippen molar-refractivity contribution in [1.29, 1.82) is 0 Å². The first-order chi connectivity index (χ1) is 20.7. The van der Waals surface area contributed by atoms with Crippen LogP contribution in [-0.2, 0) is 11.3 Å². The molecule has 3 atom stereocenters. The lowest BCUT2D eigenvalue weighted by Crippen LogP contribution is -2.34. The van der Waals surface area contributed by atoms with Gasteiger partial charge < -0.3 is 33.7 Å². The van der Waals surface area contributed by atoms with E-state index in [1.807, 2.05) is 55.5 Å². The van der Waals surface area contributed by atoms with Crippen LogP contribution < -0.4 is 29.0 Å². The smallest absolute Gasteiger partial charge is 0.341 e. The Hall–Kier alpha value is -3.51. The number of nitrogens with one attached hydrogen (secondary N) is 1. The molecule has 0 aromatic heterocycles. The molecule has 3 aromatic carbocycles. The van der Waals surface area contributed by atoms with Crippen molar-refractivity contribution < 1.29 is 38.4 Å². The van der Waals surface area contributed by atoms with Gasteiger partial charge in [-0.15, -0.1) is 0 Å². The highest BCUT2D eigenvalue weighted by atomic mass is 35.5. The molecule has 0 spiro atoms. The van der Waals surface area contributed by atoms with Crippen molar-refractivity contribution in [2.24, 2.45) is 0 Å². The van der Waals surface area contributed by atoms with E-state index in [1.165, 1.54) is 18.8 Å². The number of benzene rings is 3. The number of ether oxygens (including phenoxy) is 6. The van der Waals surface area contributed by atoms with Crippen molar-refractivity contribution in [2.75, 3.05) is 35.5 Å². The highest BCUT2D eigenvalue weighted by Gasteiger charge is 2.31. The second-order valence-electron chi connectivity index (χ2n) is 9.80. The first-order valence-corrected chi connectivity index (χ1v) is 14.9. The zero-order chi connectivity index (χ0) is 31.1. The molecule has 0 saturated carbocycles. The fourth-order valence-corrected chi connectivity index (χ4v) is 5.83. The minimum absolute atomic E-state index is 0.0879. The monoisotopic (exact) mass is 632 g/mol. The summed E-state index contributed by atoms with van der Waals surface area (Å²) in [5, 5.41) is 13.4. The van der Waals surface area contributed by atoms with E-state index in [0.29, 0.717) is 44.4 Å². The van der Waals surface area contributed by atoms with E-state index in [9.17, 15) is 10.0 Å². The second kappa shape index (κ2) is 14.8. The summed E-state index contributed by atoms with van der Waals surface area (Å²) in [7, 11) is 7.56. The Bertz CT molecular complexity index is 1380. The number of carbonyl (C=O) groups is 1. The van der Waals surface area contributed by atoms with Crippen molar-refractivity contribution in [3.8, 4) is 28.7 Å². The molecule has 3 unspecified atom stereocenters. The molecule has 232 valence electrons. The largest absolute Gasteiger partial charge is 0.493 e. The fraction of sp³-hybridized carbons (Fsp3) is 0.387. The van der Waals surface area contributed by atoms with Crippen molar-refractivity contribution in [3.05, 3.63) is 70.2 Å². The van der Waals surface area contributed by atoms with Gasteiger partial charge in [0.2, 0.25) is 5.75 Å². The molecule has 1 heterocycles. The van der Waals surface area contributed by atoms with Gasteiger partial charge in [0.1, 0.15) is 5.44 Å². The van der Waals surface area contributed by atoms with E-state index in [2.05, 4.69) is 5.32 Å². The van der Waals surface area contributed by atoms with Crippen LogP contribution in [0.3, 0.4) is 0 Å². The molecule has 10 nitrogen and oxygen atoms in total. The van der Waals surface area contributed by atoms with E-state index in [1.54, 1.807) is 28.4 Å². The van der Waals surface area contributed by atoms with Crippen LogP contribution >= 0.6 is 23.4 Å². The van der Waals surface area contributed by atoms with Gasteiger partial charge in [-0.1, -0.05) is 23.4 Å². The summed E-state index contributed by atoms with van der Waals surface area (Å²) < 4.78 is 35.2. The van der Waals surface area contributed by atoms with Crippen LogP contribution in [0.1, 0.15) is 48.7 Å². The molecule has 0 radical (unpaired) electrons. The lowest BCUT2D eigenvalue weighted by atomic mass is 10.0. The van der Waals surface area contributed by atoms with Gasteiger partial charge in [0.05, 0.1) is 40.6 Å². The second-order valence-corrected chi connectivity index (χ2v) is 11.6. The van der Waals surface area contributed by atoms with Crippen molar-refractivity contribution in [2.45, 2.75) is 48.8 Å². The predicted octanol–water partition coefficient (Wildman–Crippen LogP) is 7.01. The maximum atomic E-state index is 12.2. The van der Waals surface area contributed by atoms with Gasteiger partial charge in [0, 0.05) is 29.1 Å². The Morgan fingerprint density at radius 1 is 0.953 bits per heavy atom. The van der Waals surface area contributed by atoms with Crippen LogP contribution in [0.5, 0.6) is 28.7 Å². The van der Waals surface area contributed by atoms with E-state index < -0.39 is 6.03 Å². The number of methoxy groups -OCH3 is 4. The number of urea groups is 1. The SMILES string of the molecule is COc1cc(C2CCC(c3cc(OC)c(OC)c(OC)c3)O2)cc(CNC(=O)N(C)O)c1OC(C)Sc1ccc(Cl)cc1. The molecule has 43 heavy (non-hydrogen) atoms. The molecule has 12 heteroatoms. The minimum atomic E-state index is -0.654. The molecule has 0 bridgehead atoms. The maximum Gasteiger partial charge on any atom is 0.341 e. The Balaban J connectivity index is 1.61. The summed E-state index contributed by atoms with van der Waals surface area (Å²) in [6.45, 7) is 2.02. The van der Waals surface area contributed by atoms with Crippen molar-refractivity contribution in [1.82, 2.24) is 10.4 Å². The average molecular weight is 633 g/mol. The van der Waals surface area contributed by atoms with Gasteiger partial charge in [-0.25, -0.2) is 9.86 Å². The van der Waals surface area contributed by atoms with Crippen LogP contribution in [-0.4, -0.2) is 57.2 Å². The van der Waals surface area contributed by atoms with E-state index in [-0.39, 0.29) is 24.2 Å². The van der Waals surface area contributed by atoms with Crippen molar-refractivity contribution in [3.63, 3.8) is 0 Å². The van der Waals surface area contributed by atoms with Crippen LogP contribution in [0, 0.1) is 0 Å². The number of carbonyl (C=O) groups excluding carboxylic acids is 1.